The molecule has 0 spiro atoms. The van der Waals surface area contributed by atoms with Gasteiger partial charge in [-0.05, 0) is 32.1 Å². The molecule has 0 unspecified atom stereocenters. The molecule has 20 heavy (non-hydrogen) atoms. The van der Waals surface area contributed by atoms with Crippen molar-refractivity contribution in [3.8, 4) is 0 Å². The molecule has 1 aliphatic rings. The first-order valence-corrected chi connectivity index (χ1v) is 8.42. The zero-order valence-corrected chi connectivity index (χ0v) is 13.5. The minimum Gasteiger partial charge on any atom is -0.465 e. The zero-order chi connectivity index (χ0) is 15.1. The molecule has 0 saturated carbocycles. The predicted octanol–water partition coefficient (Wildman–Crippen LogP) is 2.17. The SMILES string of the molecule is Cc1oc(C)c(S(=O)(=O)N2CCCC(C)(C)C2)c1CN. The van der Waals surface area contributed by atoms with E-state index < -0.39 is 10.0 Å². The first-order chi connectivity index (χ1) is 9.19. The summed E-state index contributed by atoms with van der Waals surface area (Å²) in [6.07, 6.45) is 1.94. The van der Waals surface area contributed by atoms with E-state index in [-0.39, 0.29) is 16.9 Å². The molecule has 0 radical (unpaired) electrons. The third-order valence-electron chi connectivity index (χ3n) is 3.99. The van der Waals surface area contributed by atoms with Gasteiger partial charge in [0.25, 0.3) is 0 Å². The molecule has 1 saturated heterocycles. The van der Waals surface area contributed by atoms with Gasteiger partial charge >= 0.3 is 0 Å². The van der Waals surface area contributed by atoms with Crippen LogP contribution in [0.4, 0.5) is 0 Å². The Bertz CT molecular complexity index is 602. The first kappa shape index (κ1) is 15.5. The van der Waals surface area contributed by atoms with Crippen molar-refractivity contribution in [2.45, 2.75) is 52.0 Å². The molecule has 1 aromatic heterocycles. The molecule has 0 aliphatic carbocycles. The van der Waals surface area contributed by atoms with Crippen molar-refractivity contribution in [1.82, 2.24) is 4.31 Å². The molecule has 6 heteroatoms. The van der Waals surface area contributed by atoms with Crippen LogP contribution in [0.1, 0.15) is 43.8 Å². The zero-order valence-electron chi connectivity index (χ0n) is 12.7. The van der Waals surface area contributed by atoms with Crippen LogP contribution < -0.4 is 5.73 Å². The van der Waals surface area contributed by atoms with Crippen molar-refractivity contribution in [3.63, 3.8) is 0 Å². The van der Waals surface area contributed by atoms with Crippen LogP contribution in [-0.2, 0) is 16.6 Å². The Morgan fingerprint density at radius 2 is 1.95 bits per heavy atom. The topological polar surface area (TPSA) is 76.5 Å². The van der Waals surface area contributed by atoms with Crippen LogP contribution in [0.5, 0.6) is 0 Å². The van der Waals surface area contributed by atoms with Crippen LogP contribution in [0.15, 0.2) is 9.31 Å². The Labute approximate surface area is 121 Å². The lowest BCUT2D eigenvalue weighted by atomic mass is 9.85. The summed E-state index contributed by atoms with van der Waals surface area (Å²) in [5.41, 5.74) is 6.32. The number of aryl methyl sites for hydroxylation is 2. The third-order valence-corrected chi connectivity index (χ3v) is 6.03. The Morgan fingerprint density at radius 1 is 1.30 bits per heavy atom. The summed E-state index contributed by atoms with van der Waals surface area (Å²) in [4.78, 5) is 0.273. The van der Waals surface area contributed by atoms with Crippen LogP contribution in [0, 0.1) is 19.3 Å². The fourth-order valence-electron chi connectivity index (χ4n) is 2.99. The fourth-order valence-corrected chi connectivity index (χ4v) is 5.08. The molecule has 2 heterocycles. The highest BCUT2D eigenvalue weighted by Gasteiger charge is 2.37. The quantitative estimate of drug-likeness (QED) is 0.928. The minimum absolute atomic E-state index is 0.0148. The summed E-state index contributed by atoms with van der Waals surface area (Å²) in [5, 5.41) is 0. The second-order valence-corrected chi connectivity index (χ2v) is 8.21. The average Bonchev–Trinajstić information content (AvgIpc) is 2.62. The molecule has 0 atom stereocenters. The Hall–Kier alpha value is -0.850. The fraction of sp³-hybridized carbons (Fsp3) is 0.714. The van der Waals surface area contributed by atoms with Gasteiger partial charge in [-0.15, -0.1) is 0 Å². The first-order valence-electron chi connectivity index (χ1n) is 6.98. The highest BCUT2D eigenvalue weighted by Crippen LogP contribution is 2.35. The van der Waals surface area contributed by atoms with Crippen molar-refractivity contribution in [2.24, 2.45) is 11.1 Å². The summed E-state index contributed by atoms with van der Waals surface area (Å²) in [6, 6.07) is 0. The van der Waals surface area contributed by atoms with Crippen LogP contribution in [0.2, 0.25) is 0 Å². The van der Waals surface area contributed by atoms with Crippen molar-refractivity contribution in [1.29, 1.82) is 0 Å². The monoisotopic (exact) mass is 300 g/mol. The normalized spacial score (nSPS) is 20.2. The number of hydrogen-bond acceptors (Lipinski definition) is 4. The second kappa shape index (κ2) is 5.16. The lowest BCUT2D eigenvalue weighted by Crippen LogP contribution is -2.43. The van der Waals surface area contributed by atoms with Gasteiger partial charge in [-0.3, -0.25) is 0 Å². The lowest BCUT2D eigenvalue weighted by Gasteiger charge is -2.37. The maximum atomic E-state index is 12.9. The maximum Gasteiger partial charge on any atom is 0.246 e. The highest BCUT2D eigenvalue weighted by atomic mass is 32.2. The molecule has 1 fully saturated rings. The van der Waals surface area contributed by atoms with Crippen LogP contribution in [0.25, 0.3) is 0 Å². The van der Waals surface area contributed by atoms with Gasteiger partial charge in [0.1, 0.15) is 16.4 Å². The largest absolute Gasteiger partial charge is 0.465 e. The molecule has 0 bridgehead atoms. The third kappa shape index (κ3) is 2.64. The smallest absolute Gasteiger partial charge is 0.246 e. The van der Waals surface area contributed by atoms with E-state index in [0.717, 1.165) is 12.8 Å². The molecule has 1 aromatic rings. The van der Waals surface area contributed by atoms with Crippen molar-refractivity contribution in [3.05, 3.63) is 17.1 Å². The standard InChI is InChI=1S/C14H24N2O3S/c1-10-12(8-15)13(11(2)19-10)20(17,18)16-7-5-6-14(3,4)9-16/h5-9,15H2,1-4H3. The van der Waals surface area contributed by atoms with E-state index in [4.69, 9.17) is 10.2 Å². The maximum absolute atomic E-state index is 12.9. The molecular weight excluding hydrogens is 276 g/mol. The molecule has 1 aliphatic heterocycles. The van der Waals surface area contributed by atoms with E-state index in [1.54, 1.807) is 18.2 Å². The summed E-state index contributed by atoms with van der Waals surface area (Å²) >= 11 is 0. The number of sulfonamides is 1. The van der Waals surface area contributed by atoms with Crippen LogP contribution in [-0.4, -0.2) is 25.8 Å². The average molecular weight is 300 g/mol. The summed E-state index contributed by atoms with van der Waals surface area (Å²) in [6.45, 7) is 8.94. The summed E-state index contributed by atoms with van der Waals surface area (Å²) < 4.78 is 32.9. The van der Waals surface area contributed by atoms with E-state index in [1.165, 1.54) is 0 Å². The number of furan rings is 1. The molecule has 0 aromatic carbocycles. The van der Waals surface area contributed by atoms with Gasteiger partial charge in [-0.1, -0.05) is 13.8 Å². The van der Waals surface area contributed by atoms with Gasteiger partial charge < -0.3 is 10.2 Å². The summed E-state index contributed by atoms with van der Waals surface area (Å²) in [7, 11) is -3.53. The van der Waals surface area contributed by atoms with Gasteiger partial charge in [0.15, 0.2) is 0 Å². The van der Waals surface area contributed by atoms with E-state index in [1.807, 2.05) is 0 Å². The molecule has 2 N–H and O–H groups in total. The van der Waals surface area contributed by atoms with Crippen LogP contribution in [0.3, 0.4) is 0 Å². The number of nitrogens with two attached hydrogens (primary N) is 1. The minimum atomic E-state index is -3.53. The van der Waals surface area contributed by atoms with Crippen LogP contribution >= 0.6 is 0 Å². The number of piperidine rings is 1. The molecule has 114 valence electrons. The second-order valence-electron chi connectivity index (χ2n) is 6.33. The molecule has 0 amide bonds. The van der Waals surface area contributed by atoms with Gasteiger partial charge in [0, 0.05) is 25.2 Å². The molecule has 2 rings (SSSR count). The Morgan fingerprint density at radius 3 is 2.50 bits per heavy atom. The highest BCUT2D eigenvalue weighted by molar-refractivity contribution is 7.89. The predicted molar refractivity (Wildman–Crippen MR) is 77.8 cm³/mol. The van der Waals surface area contributed by atoms with Gasteiger partial charge in [0.05, 0.1) is 0 Å². The van der Waals surface area contributed by atoms with Crippen molar-refractivity contribution < 1.29 is 12.8 Å². The van der Waals surface area contributed by atoms with E-state index in [0.29, 0.717) is 30.2 Å². The van der Waals surface area contributed by atoms with E-state index in [2.05, 4.69) is 13.8 Å². The number of rotatable bonds is 3. The Kier molecular flexibility index (Phi) is 4.01. The van der Waals surface area contributed by atoms with Gasteiger partial charge in [-0.25, -0.2) is 8.42 Å². The lowest BCUT2D eigenvalue weighted by molar-refractivity contribution is 0.186. The molecule has 5 nitrogen and oxygen atoms in total. The van der Waals surface area contributed by atoms with Crippen molar-refractivity contribution in [2.75, 3.05) is 13.1 Å². The number of nitrogens with zero attached hydrogens (tertiary/aromatic N) is 1. The molecular formula is C14H24N2O3S. The van der Waals surface area contributed by atoms with Gasteiger partial charge in [0.2, 0.25) is 10.0 Å². The van der Waals surface area contributed by atoms with Crippen molar-refractivity contribution >= 4 is 10.0 Å². The summed E-state index contributed by atoms with van der Waals surface area (Å²) in [5.74, 6) is 1.03. The number of hydrogen-bond donors (Lipinski definition) is 1. The van der Waals surface area contributed by atoms with E-state index in [9.17, 15) is 8.42 Å². The van der Waals surface area contributed by atoms with Gasteiger partial charge in [-0.2, -0.15) is 4.31 Å². The van der Waals surface area contributed by atoms with E-state index >= 15 is 0 Å². The Balaban J connectivity index is 2.45.